The minimum absolute atomic E-state index is 0. The Morgan fingerprint density at radius 1 is 1.41 bits per heavy atom. The summed E-state index contributed by atoms with van der Waals surface area (Å²) in [7, 11) is 0. The monoisotopic (exact) mass is 382 g/mol. The van der Waals surface area contributed by atoms with Crippen LogP contribution in [0, 0.1) is 5.92 Å². The number of carbonyl (C=O) groups is 3. The molecule has 1 aromatic rings. The Hall–Kier alpha value is -1.67. The van der Waals surface area contributed by atoms with Crippen LogP contribution < -0.4 is 34.9 Å². The average molecular weight is 382 g/mol. The predicted molar refractivity (Wildman–Crippen MR) is 95.2 cm³/mol. The van der Waals surface area contributed by atoms with Crippen molar-refractivity contribution in [2.75, 3.05) is 6.54 Å². The molecule has 2 aliphatic heterocycles. The summed E-state index contributed by atoms with van der Waals surface area (Å²) in [6, 6.07) is 6.41. The van der Waals surface area contributed by atoms with E-state index in [1.165, 1.54) is 11.8 Å². The standard InChI is InChI=1S/C19H22N2O5.Na.H/c1-3-7-20-17(23)12-6-4-5-11(8-12)13-9-14-15(10(2)22)18(24)21(14)16(13)19(25)26;;/h4-6,8,10,14-15,22H,3,7,9H2,1-2H3,(H,20,23)(H,25,26);;/q;+1;-1/t10-,14-,15-;;/m1../s1. The third-order valence-electron chi connectivity index (χ3n) is 4.94. The van der Waals surface area contributed by atoms with Crippen LogP contribution in [-0.4, -0.2) is 51.6 Å². The topological polar surface area (TPSA) is 107 Å². The van der Waals surface area contributed by atoms with Crippen LogP contribution in [0.1, 0.15) is 44.0 Å². The quantitative estimate of drug-likeness (QED) is 0.404. The van der Waals surface area contributed by atoms with E-state index in [0.29, 0.717) is 29.7 Å². The summed E-state index contributed by atoms with van der Waals surface area (Å²) < 4.78 is 0. The van der Waals surface area contributed by atoms with E-state index in [9.17, 15) is 24.6 Å². The van der Waals surface area contributed by atoms with E-state index in [4.69, 9.17) is 0 Å². The van der Waals surface area contributed by atoms with E-state index in [1.54, 1.807) is 24.3 Å². The number of carbonyl (C=O) groups excluding carboxylic acids is 2. The van der Waals surface area contributed by atoms with Gasteiger partial charge in [0.1, 0.15) is 5.70 Å². The van der Waals surface area contributed by atoms with Gasteiger partial charge in [-0.15, -0.1) is 0 Å². The molecule has 3 N–H and O–H groups in total. The largest absolute Gasteiger partial charge is 1.00 e. The summed E-state index contributed by atoms with van der Waals surface area (Å²) in [6.45, 7) is 4.06. The van der Waals surface area contributed by atoms with Crippen molar-refractivity contribution in [2.45, 2.75) is 38.8 Å². The van der Waals surface area contributed by atoms with Gasteiger partial charge in [0.05, 0.1) is 18.1 Å². The maximum Gasteiger partial charge on any atom is 1.00 e. The molecule has 1 aromatic carbocycles. The summed E-state index contributed by atoms with van der Waals surface area (Å²) in [4.78, 5) is 37.5. The number of aliphatic carboxylic acids is 1. The van der Waals surface area contributed by atoms with E-state index in [-0.39, 0.29) is 54.5 Å². The molecule has 0 unspecified atom stereocenters. The van der Waals surface area contributed by atoms with Crippen molar-refractivity contribution < 1.29 is 55.6 Å². The maximum atomic E-state index is 12.3. The second-order valence-corrected chi connectivity index (χ2v) is 6.72. The van der Waals surface area contributed by atoms with Crippen LogP contribution in [-0.2, 0) is 9.59 Å². The number of fused-ring (bicyclic) bond motifs is 1. The number of nitrogens with zero attached hydrogens (tertiary/aromatic N) is 1. The van der Waals surface area contributed by atoms with Gasteiger partial charge in [-0.3, -0.25) is 9.59 Å². The fraction of sp³-hybridized carbons (Fsp3) is 0.421. The van der Waals surface area contributed by atoms with E-state index < -0.39 is 18.0 Å². The summed E-state index contributed by atoms with van der Waals surface area (Å²) in [5, 5.41) is 22.2. The molecule has 7 nitrogen and oxygen atoms in total. The SMILES string of the molecule is CCCNC(=O)c1cccc(C2=C(C(=O)O)N3C(=O)[C@H]([C@@H](C)O)[C@H]3C2)c1.[H-].[Na+]. The van der Waals surface area contributed by atoms with Crippen molar-refractivity contribution in [2.24, 2.45) is 5.92 Å². The smallest absolute Gasteiger partial charge is 1.00 e. The Morgan fingerprint density at radius 2 is 2.11 bits per heavy atom. The molecular formula is C19H23N2NaO5. The molecule has 8 heteroatoms. The van der Waals surface area contributed by atoms with E-state index >= 15 is 0 Å². The molecule has 140 valence electrons. The van der Waals surface area contributed by atoms with Crippen molar-refractivity contribution >= 4 is 23.4 Å². The first-order valence-corrected chi connectivity index (χ1v) is 8.73. The molecular weight excluding hydrogens is 359 g/mol. The van der Waals surface area contributed by atoms with Crippen LogP contribution >= 0.6 is 0 Å². The maximum absolute atomic E-state index is 12.3. The summed E-state index contributed by atoms with van der Waals surface area (Å²) in [6.07, 6.45) is 0.340. The zero-order chi connectivity index (χ0) is 19.0. The molecule has 2 amide bonds. The van der Waals surface area contributed by atoms with Gasteiger partial charge >= 0.3 is 35.5 Å². The van der Waals surface area contributed by atoms with Crippen LogP contribution in [0.4, 0.5) is 0 Å². The van der Waals surface area contributed by atoms with Gasteiger partial charge in [0.2, 0.25) is 5.91 Å². The van der Waals surface area contributed by atoms with Crippen molar-refractivity contribution in [1.29, 1.82) is 0 Å². The van der Waals surface area contributed by atoms with Gasteiger partial charge in [-0.1, -0.05) is 19.1 Å². The van der Waals surface area contributed by atoms with Crippen LogP contribution in [0.15, 0.2) is 30.0 Å². The first kappa shape index (κ1) is 21.6. The second kappa shape index (κ2) is 8.56. The van der Waals surface area contributed by atoms with Gasteiger partial charge in [-0.2, -0.15) is 0 Å². The molecule has 0 aliphatic carbocycles. The molecule has 3 atom stereocenters. The van der Waals surface area contributed by atoms with E-state index in [1.807, 2.05) is 6.92 Å². The zero-order valence-corrected chi connectivity index (χ0v) is 17.7. The van der Waals surface area contributed by atoms with E-state index in [2.05, 4.69) is 5.32 Å². The van der Waals surface area contributed by atoms with E-state index in [0.717, 1.165) is 6.42 Å². The zero-order valence-electron chi connectivity index (χ0n) is 16.7. The number of β-lactam (4-membered cyclic amide) rings is 1. The Kier molecular flexibility index (Phi) is 6.86. The molecule has 2 heterocycles. The molecule has 1 fully saturated rings. The van der Waals surface area contributed by atoms with Gasteiger partial charge < -0.3 is 21.9 Å². The Balaban J connectivity index is 0.00000196. The number of amides is 2. The average Bonchev–Trinajstić information content (AvgIpc) is 2.94. The summed E-state index contributed by atoms with van der Waals surface area (Å²) >= 11 is 0. The Bertz CT molecular complexity index is 811. The third-order valence-corrected chi connectivity index (χ3v) is 4.94. The fourth-order valence-corrected chi connectivity index (χ4v) is 3.72. The van der Waals surface area contributed by atoms with Crippen molar-refractivity contribution in [1.82, 2.24) is 10.2 Å². The number of benzene rings is 1. The van der Waals surface area contributed by atoms with Crippen LogP contribution in [0.25, 0.3) is 5.57 Å². The Morgan fingerprint density at radius 3 is 2.70 bits per heavy atom. The molecule has 0 bridgehead atoms. The number of carboxylic acid groups (broad SMARTS) is 1. The molecule has 0 saturated carbocycles. The van der Waals surface area contributed by atoms with Gasteiger partial charge in [-0.05, 0) is 43.0 Å². The number of rotatable bonds is 6. The van der Waals surface area contributed by atoms with Crippen LogP contribution in [0.2, 0.25) is 0 Å². The van der Waals surface area contributed by atoms with Crippen LogP contribution in [0.5, 0.6) is 0 Å². The number of aliphatic hydroxyl groups excluding tert-OH is 1. The summed E-state index contributed by atoms with van der Waals surface area (Å²) in [5.74, 6) is -2.35. The van der Waals surface area contributed by atoms with Gasteiger partial charge in [0, 0.05) is 12.1 Å². The van der Waals surface area contributed by atoms with Crippen molar-refractivity contribution in [3.05, 3.63) is 41.1 Å². The minimum atomic E-state index is -1.18. The fourth-order valence-electron chi connectivity index (χ4n) is 3.72. The van der Waals surface area contributed by atoms with Crippen molar-refractivity contribution in [3.8, 4) is 0 Å². The Labute approximate surface area is 181 Å². The first-order valence-electron chi connectivity index (χ1n) is 8.73. The van der Waals surface area contributed by atoms with Gasteiger partial charge in [0.15, 0.2) is 0 Å². The number of hydrogen-bond acceptors (Lipinski definition) is 4. The molecule has 3 rings (SSSR count). The molecule has 0 aromatic heterocycles. The minimum Gasteiger partial charge on any atom is -1.00 e. The number of carboxylic acids is 1. The molecule has 2 aliphatic rings. The number of aliphatic hydroxyl groups is 1. The first-order chi connectivity index (χ1) is 12.4. The second-order valence-electron chi connectivity index (χ2n) is 6.72. The third kappa shape index (κ3) is 3.82. The number of nitrogens with one attached hydrogen (secondary N) is 1. The van der Waals surface area contributed by atoms with Crippen LogP contribution in [0.3, 0.4) is 0 Å². The number of hydrogen-bond donors (Lipinski definition) is 3. The normalized spacial score (nSPS) is 21.9. The molecule has 0 spiro atoms. The predicted octanol–water partition coefficient (Wildman–Crippen LogP) is -1.65. The summed E-state index contributed by atoms with van der Waals surface area (Å²) in [5.41, 5.74) is 1.52. The molecule has 0 radical (unpaired) electrons. The van der Waals surface area contributed by atoms with Crippen molar-refractivity contribution in [3.63, 3.8) is 0 Å². The van der Waals surface area contributed by atoms with Gasteiger partial charge in [0.25, 0.3) is 5.91 Å². The molecule has 1 saturated heterocycles. The molecule has 27 heavy (non-hydrogen) atoms. The van der Waals surface area contributed by atoms with Gasteiger partial charge in [-0.25, -0.2) is 4.79 Å².